The van der Waals surface area contributed by atoms with Gasteiger partial charge in [0.05, 0.1) is 36.3 Å². The summed E-state index contributed by atoms with van der Waals surface area (Å²) in [6.45, 7) is 1.56. The van der Waals surface area contributed by atoms with Crippen molar-refractivity contribution < 1.29 is 22.6 Å². The van der Waals surface area contributed by atoms with Crippen molar-refractivity contribution in [1.29, 1.82) is 0 Å². The fraction of sp³-hybridized carbons (Fsp3) is 0.500. The maximum Gasteiger partial charge on any atom is 0.240 e. The standard InChI is InChI=1S/C18H23N3O5S/c1-21-12-19-11-15(21)17-9-13(5-8-26-17)20-27(22,23)14-3-4-16-18(10-14)25-7-2-6-24-16/h3-4,10-13,17,20H,2,5-9H2,1H3/t13-,17-/m0/s1. The molecule has 1 saturated heterocycles. The number of hydrogen-bond acceptors (Lipinski definition) is 6. The molecule has 2 atom stereocenters. The van der Waals surface area contributed by atoms with E-state index in [9.17, 15) is 8.42 Å². The maximum absolute atomic E-state index is 12.9. The van der Waals surface area contributed by atoms with Gasteiger partial charge in [-0.05, 0) is 25.0 Å². The van der Waals surface area contributed by atoms with Gasteiger partial charge in [0.15, 0.2) is 11.5 Å². The summed E-state index contributed by atoms with van der Waals surface area (Å²) >= 11 is 0. The molecule has 2 aliphatic rings. The number of fused-ring (bicyclic) bond motifs is 1. The second kappa shape index (κ2) is 7.49. The highest BCUT2D eigenvalue weighted by atomic mass is 32.2. The second-order valence-electron chi connectivity index (χ2n) is 6.79. The zero-order valence-corrected chi connectivity index (χ0v) is 15.9. The van der Waals surface area contributed by atoms with Crippen LogP contribution in [0.3, 0.4) is 0 Å². The Morgan fingerprint density at radius 3 is 2.78 bits per heavy atom. The summed E-state index contributed by atoms with van der Waals surface area (Å²) in [5, 5.41) is 0. The summed E-state index contributed by atoms with van der Waals surface area (Å²) in [5.41, 5.74) is 0.939. The van der Waals surface area contributed by atoms with Crippen LogP contribution in [0.4, 0.5) is 0 Å². The molecule has 9 heteroatoms. The van der Waals surface area contributed by atoms with Crippen LogP contribution in [0.2, 0.25) is 0 Å². The fourth-order valence-corrected chi connectivity index (χ4v) is 4.68. The molecule has 0 aliphatic carbocycles. The summed E-state index contributed by atoms with van der Waals surface area (Å²) < 4.78 is 47.4. The van der Waals surface area contributed by atoms with E-state index in [0.29, 0.717) is 44.2 Å². The van der Waals surface area contributed by atoms with Crippen molar-refractivity contribution >= 4 is 10.0 Å². The Morgan fingerprint density at radius 1 is 1.19 bits per heavy atom. The first-order chi connectivity index (χ1) is 13.0. The van der Waals surface area contributed by atoms with Gasteiger partial charge in [0.25, 0.3) is 0 Å². The van der Waals surface area contributed by atoms with Crippen LogP contribution in [0, 0.1) is 0 Å². The molecule has 8 nitrogen and oxygen atoms in total. The molecule has 27 heavy (non-hydrogen) atoms. The van der Waals surface area contributed by atoms with E-state index >= 15 is 0 Å². The molecule has 2 aromatic rings. The first kappa shape index (κ1) is 18.3. The zero-order valence-electron chi connectivity index (χ0n) is 15.1. The van der Waals surface area contributed by atoms with Crippen LogP contribution in [-0.2, 0) is 21.8 Å². The number of imidazole rings is 1. The van der Waals surface area contributed by atoms with Crippen molar-refractivity contribution in [3.8, 4) is 11.5 Å². The third kappa shape index (κ3) is 3.95. The van der Waals surface area contributed by atoms with Gasteiger partial charge in [0.2, 0.25) is 10.0 Å². The molecule has 0 spiro atoms. The lowest BCUT2D eigenvalue weighted by Gasteiger charge is -2.30. The Labute approximate surface area is 158 Å². The van der Waals surface area contributed by atoms with E-state index in [0.717, 1.165) is 12.1 Å². The van der Waals surface area contributed by atoms with E-state index in [1.165, 1.54) is 6.07 Å². The minimum absolute atomic E-state index is 0.176. The lowest BCUT2D eigenvalue weighted by molar-refractivity contribution is -0.0000453. The SMILES string of the molecule is Cn1cncc1[C@@H]1C[C@@H](NS(=O)(=O)c2ccc3c(c2)OCCCO3)CCO1. The van der Waals surface area contributed by atoms with Crippen molar-refractivity contribution in [3.05, 3.63) is 36.4 Å². The molecule has 1 aromatic heterocycles. The van der Waals surface area contributed by atoms with Crippen molar-refractivity contribution in [1.82, 2.24) is 14.3 Å². The summed E-state index contributed by atoms with van der Waals surface area (Å²) in [6, 6.07) is 4.52. The highest BCUT2D eigenvalue weighted by Gasteiger charge is 2.29. The van der Waals surface area contributed by atoms with Gasteiger partial charge in [-0.15, -0.1) is 0 Å². The number of benzene rings is 1. The third-order valence-corrected chi connectivity index (χ3v) is 6.34. The van der Waals surface area contributed by atoms with Crippen LogP contribution in [0.1, 0.15) is 31.1 Å². The molecule has 0 unspecified atom stereocenters. The predicted molar refractivity (Wildman–Crippen MR) is 97.3 cm³/mol. The smallest absolute Gasteiger partial charge is 0.240 e. The van der Waals surface area contributed by atoms with Gasteiger partial charge in [0, 0.05) is 32.2 Å². The van der Waals surface area contributed by atoms with Crippen LogP contribution in [-0.4, -0.2) is 43.8 Å². The quantitative estimate of drug-likeness (QED) is 0.851. The Kier molecular flexibility index (Phi) is 5.07. The number of nitrogens with one attached hydrogen (secondary N) is 1. The lowest BCUT2D eigenvalue weighted by Crippen LogP contribution is -2.40. The summed E-state index contributed by atoms with van der Waals surface area (Å²) in [6.07, 6.45) is 5.24. The van der Waals surface area contributed by atoms with E-state index in [2.05, 4.69) is 9.71 Å². The number of hydrogen-bond donors (Lipinski definition) is 1. The van der Waals surface area contributed by atoms with Crippen molar-refractivity contribution in [2.75, 3.05) is 19.8 Å². The molecule has 0 bridgehead atoms. The molecule has 0 saturated carbocycles. The molecule has 1 N–H and O–H groups in total. The lowest BCUT2D eigenvalue weighted by atomic mass is 10.0. The number of aryl methyl sites for hydroxylation is 1. The van der Waals surface area contributed by atoms with Gasteiger partial charge in [-0.3, -0.25) is 0 Å². The minimum atomic E-state index is -3.67. The largest absolute Gasteiger partial charge is 0.490 e. The van der Waals surface area contributed by atoms with Crippen molar-refractivity contribution in [2.24, 2.45) is 7.05 Å². The van der Waals surface area contributed by atoms with Crippen LogP contribution in [0.15, 0.2) is 35.6 Å². The molecule has 0 radical (unpaired) electrons. The molecular weight excluding hydrogens is 370 g/mol. The van der Waals surface area contributed by atoms with Gasteiger partial charge in [-0.1, -0.05) is 0 Å². The molecule has 1 fully saturated rings. The minimum Gasteiger partial charge on any atom is -0.490 e. The normalized spacial score (nSPS) is 23.0. The van der Waals surface area contributed by atoms with E-state index in [1.807, 2.05) is 11.6 Å². The van der Waals surface area contributed by atoms with Gasteiger partial charge < -0.3 is 18.8 Å². The number of rotatable bonds is 4. The zero-order chi connectivity index (χ0) is 18.9. The van der Waals surface area contributed by atoms with E-state index in [4.69, 9.17) is 14.2 Å². The molecule has 0 amide bonds. The molecule has 1 aromatic carbocycles. The summed E-state index contributed by atoms with van der Waals surface area (Å²) in [5.74, 6) is 1.05. The molecule has 2 aliphatic heterocycles. The summed E-state index contributed by atoms with van der Waals surface area (Å²) in [7, 11) is -1.77. The van der Waals surface area contributed by atoms with Gasteiger partial charge in [-0.2, -0.15) is 0 Å². The molecule has 146 valence electrons. The molecule has 3 heterocycles. The number of sulfonamides is 1. The highest BCUT2D eigenvalue weighted by Crippen LogP contribution is 2.33. The average molecular weight is 393 g/mol. The van der Waals surface area contributed by atoms with Crippen LogP contribution in [0.5, 0.6) is 11.5 Å². The Balaban J connectivity index is 1.49. The predicted octanol–water partition coefficient (Wildman–Crippen LogP) is 1.78. The van der Waals surface area contributed by atoms with Crippen LogP contribution in [0.25, 0.3) is 0 Å². The van der Waals surface area contributed by atoms with Crippen LogP contribution < -0.4 is 14.2 Å². The topological polar surface area (TPSA) is 91.7 Å². The van der Waals surface area contributed by atoms with E-state index in [-0.39, 0.29) is 17.0 Å². The molecule has 4 rings (SSSR count). The number of aromatic nitrogens is 2. The monoisotopic (exact) mass is 393 g/mol. The number of nitrogens with zero attached hydrogens (tertiary/aromatic N) is 2. The van der Waals surface area contributed by atoms with Gasteiger partial charge >= 0.3 is 0 Å². The first-order valence-corrected chi connectivity index (χ1v) is 10.5. The van der Waals surface area contributed by atoms with Crippen molar-refractivity contribution in [3.63, 3.8) is 0 Å². The van der Waals surface area contributed by atoms with Gasteiger partial charge in [-0.25, -0.2) is 18.1 Å². The summed E-state index contributed by atoms with van der Waals surface area (Å²) in [4.78, 5) is 4.29. The Bertz CT molecular complexity index is 911. The van der Waals surface area contributed by atoms with Crippen LogP contribution >= 0.6 is 0 Å². The van der Waals surface area contributed by atoms with Gasteiger partial charge in [0.1, 0.15) is 6.10 Å². The first-order valence-electron chi connectivity index (χ1n) is 9.03. The van der Waals surface area contributed by atoms with Crippen molar-refractivity contribution in [2.45, 2.75) is 36.3 Å². The second-order valence-corrected chi connectivity index (χ2v) is 8.50. The van der Waals surface area contributed by atoms with E-state index < -0.39 is 10.0 Å². The number of ether oxygens (including phenoxy) is 3. The maximum atomic E-state index is 12.9. The van der Waals surface area contributed by atoms with E-state index in [1.54, 1.807) is 24.7 Å². The Morgan fingerprint density at radius 2 is 2.00 bits per heavy atom. The highest BCUT2D eigenvalue weighted by molar-refractivity contribution is 7.89. The fourth-order valence-electron chi connectivity index (χ4n) is 3.39. The molecular formula is C18H23N3O5S. The third-order valence-electron chi connectivity index (χ3n) is 4.82. The Hall–Kier alpha value is -2.10. The average Bonchev–Trinajstić information content (AvgIpc) is 2.94.